The first kappa shape index (κ1) is 15.4. The van der Waals surface area contributed by atoms with Crippen molar-refractivity contribution < 1.29 is 19.1 Å². The van der Waals surface area contributed by atoms with Crippen molar-refractivity contribution in [1.82, 2.24) is 4.90 Å². The Balaban J connectivity index is 1.60. The van der Waals surface area contributed by atoms with E-state index in [0.717, 1.165) is 0 Å². The second kappa shape index (κ2) is 5.77. The number of benzene rings is 1. The Labute approximate surface area is 144 Å². The van der Waals surface area contributed by atoms with Crippen LogP contribution in [0, 0.1) is 0 Å². The summed E-state index contributed by atoms with van der Waals surface area (Å²) in [6.45, 7) is 2.72. The van der Waals surface area contributed by atoms with E-state index in [4.69, 9.17) is 9.47 Å². The van der Waals surface area contributed by atoms with E-state index in [2.05, 4.69) is 10.3 Å². The molecule has 1 atom stereocenters. The fourth-order valence-electron chi connectivity index (χ4n) is 3.07. The number of carbonyl (C=O) groups excluding carboxylic acids is 2. The van der Waals surface area contributed by atoms with E-state index in [0.29, 0.717) is 36.2 Å². The molecule has 3 heterocycles. The van der Waals surface area contributed by atoms with E-state index in [1.165, 1.54) is 0 Å². The van der Waals surface area contributed by atoms with Crippen LogP contribution >= 0.6 is 0 Å². The molecule has 1 aromatic rings. The number of aliphatic imine (C=N–C) groups is 1. The van der Waals surface area contributed by atoms with Crippen molar-refractivity contribution >= 4 is 23.3 Å². The lowest BCUT2D eigenvalue weighted by molar-refractivity contribution is -0.130. The Morgan fingerprint density at radius 3 is 2.88 bits per heavy atom. The molecule has 2 amide bonds. The van der Waals surface area contributed by atoms with Crippen molar-refractivity contribution in [2.45, 2.75) is 18.9 Å². The van der Waals surface area contributed by atoms with Crippen LogP contribution in [-0.2, 0) is 9.59 Å². The molecule has 1 aromatic carbocycles. The van der Waals surface area contributed by atoms with Gasteiger partial charge >= 0.3 is 0 Å². The minimum atomic E-state index is -1.05. The summed E-state index contributed by atoms with van der Waals surface area (Å²) in [4.78, 5) is 30.7. The lowest BCUT2D eigenvalue weighted by Crippen LogP contribution is -2.58. The highest BCUT2D eigenvalue weighted by Crippen LogP contribution is 2.34. The van der Waals surface area contributed by atoms with Gasteiger partial charge in [0.2, 0.25) is 0 Å². The zero-order valence-electron chi connectivity index (χ0n) is 13.7. The third kappa shape index (κ3) is 2.67. The van der Waals surface area contributed by atoms with Crippen molar-refractivity contribution in [2.24, 2.45) is 4.99 Å². The van der Waals surface area contributed by atoms with Crippen molar-refractivity contribution in [1.29, 1.82) is 0 Å². The molecule has 25 heavy (non-hydrogen) atoms. The smallest absolute Gasteiger partial charge is 0.250 e. The number of carbonyl (C=O) groups is 2. The number of amides is 2. The molecule has 7 nitrogen and oxygen atoms in total. The van der Waals surface area contributed by atoms with Crippen LogP contribution in [0.15, 0.2) is 47.6 Å². The zero-order valence-corrected chi connectivity index (χ0v) is 13.7. The predicted octanol–water partition coefficient (Wildman–Crippen LogP) is 1.87. The highest BCUT2D eigenvalue weighted by molar-refractivity contribution is 6.11. The van der Waals surface area contributed by atoms with E-state index < -0.39 is 5.54 Å². The molecule has 0 saturated carbocycles. The van der Waals surface area contributed by atoms with E-state index in [1.54, 1.807) is 48.4 Å². The molecule has 0 fully saturated rings. The fraction of sp³-hybridized carbons (Fsp3) is 0.278. The second-order valence-electron chi connectivity index (χ2n) is 6.20. The molecule has 0 bridgehead atoms. The van der Waals surface area contributed by atoms with Crippen molar-refractivity contribution in [2.75, 3.05) is 18.5 Å². The van der Waals surface area contributed by atoms with Gasteiger partial charge in [-0.1, -0.05) is 6.08 Å². The SMILES string of the molecule is CC1(C(=O)Nc2ccc3c(c2)OCCO3)CC(=O)N=C2C=CC=CN21. The summed E-state index contributed by atoms with van der Waals surface area (Å²) >= 11 is 0. The van der Waals surface area contributed by atoms with Gasteiger partial charge in [0.25, 0.3) is 11.8 Å². The molecule has 4 rings (SSSR count). The Bertz CT molecular complexity index is 843. The minimum Gasteiger partial charge on any atom is -0.486 e. The van der Waals surface area contributed by atoms with Crippen molar-refractivity contribution in [3.8, 4) is 11.5 Å². The lowest BCUT2D eigenvalue weighted by atomic mass is 9.91. The Kier molecular flexibility index (Phi) is 3.56. The van der Waals surface area contributed by atoms with Gasteiger partial charge in [-0.2, -0.15) is 4.99 Å². The molecule has 0 saturated heterocycles. The summed E-state index contributed by atoms with van der Waals surface area (Å²) in [7, 11) is 0. The van der Waals surface area contributed by atoms with Gasteiger partial charge in [-0.3, -0.25) is 9.59 Å². The minimum absolute atomic E-state index is 0.00502. The number of rotatable bonds is 2. The molecule has 0 radical (unpaired) electrons. The maximum atomic E-state index is 13.0. The number of allylic oxidation sites excluding steroid dienone is 2. The number of hydrogen-bond acceptors (Lipinski definition) is 5. The first-order valence-corrected chi connectivity index (χ1v) is 8.03. The Morgan fingerprint density at radius 2 is 2.04 bits per heavy atom. The van der Waals surface area contributed by atoms with Gasteiger partial charge in [0.15, 0.2) is 11.5 Å². The van der Waals surface area contributed by atoms with Gasteiger partial charge in [-0.15, -0.1) is 0 Å². The molecule has 0 aliphatic carbocycles. The second-order valence-corrected chi connectivity index (χ2v) is 6.20. The van der Waals surface area contributed by atoms with Gasteiger partial charge in [-0.25, -0.2) is 0 Å². The summed E-state index contributed by atoms with van der Waals surface area (Å²) in [6, 6.07) is 5.23. The molecule has 1 unspecified atom stereocenters. The highest BCUT2D eigenvalue weighted by atomic mass is 16.6. The average molecular weight is 339 g/mol. The number of anilines is 1. The van der Waals surface area contributed by atoms with E-state index in [-0.39, 0.29) is 18.2 Å². The fourth-order valence-corrected chi connectivity index (χ4v) is 3.07. The molecule has 0 spiro atoms. The van der Waals surface area contributed by atoms with Crippen LogP contribution < -0.4 is 14.8 Å². The normalized spacial score (nSPS) is 23.8. The number of hydrogen-bond donors (Lipinski definition) is 1. The number of nitrogens with zero attached hydrogens (tertiary/aromatic N) is 2. The third-order valence-electron chi connectivity index (χ3n) is 4.39. The topological polar surface area (TPSA) is 80.2 Å². The molecule has 3 aliphatic heterocycles. The summed E-state index contributed by atoms with van der Waals surface area (Å²) in [6.07, 6.45) is 7.07. The van der Waals surface area contributed by atoms with Gasteiger partial charge in [0.05, 0.1) is 6.42 Å². The first-order chi connectivity index (χ1) is 12.1. The van der Waals surface area contributed by atoms with Gasteiger partial charge < -0.3 is 19.7 Å². The molecular weight excluding hydrogens is 322 g/mol. The largest absolute Gasteiger partial charge is 0.486 e. The van der Waals surface area contributed by atoms with Crippen LogP contribution in [0.2, 0.25) is 0 Å². The number of ether oxygens (including phenoxy) is 2. The summed E-state index contributed by atoms with van der Waals surface area (Å²) in [5.41, 5.74) is -0.466. The van der Waals surface area contributed by atoms with E-state index in [9.17, 15) is 9.59 Å². The molecular formula is C18H17N3O4. The van der Waals surface area contributed by atoms with E-state index in [1.807, 2.05) is 6.08 Å². The van der Waals surface area contributed by atoms with Crippen LogP contribution in [0.25, 0.3) is 0 Å². The quantitative estimate of drug-likeness (QED) is 0.890. The van der Waals surface area contributed by atoms with Crippen molar-refractivity contribution in [3.63, 3.8) is 0 Å². The van der Waals surface area contributed by atoms with Crippen LogP contribution in [0.5, 0.6) is 11.5 Å². The number of amidine groups is 1. The molecule has 7 heteroatoms. The van der Waals surface area contributed by atoms with Gasteiger partial charge in [0.1, 0.15) is 24.6 Å². The average Bonchev–Trinajstić information content (AvgIpc) is 2.61. The maximum absolute atomic E-state index is 13.0. The summed E-state index contributed by atoms with van der Waals surface area (Å²) in [5.74, 6) is 1.12. The summed E-state index contributed by atoms with van der Waals surface area (Å²) in [5, 5.41) is 2.87. The van der Waals surface area contributed by atoms with Gasteiger partial charge in [0, 0.05) is 18.0 Å². The van der Waals surface area contributed by atoms with Crippen LogP contribution in [0.3, 0.4) is 0 Å². The van der Waals surface area contributed by atoms with Crippen LogP contribution in [0.4, 0.5) is 5.69 Å². The maximum Gasteiger partial charge on any atom is 0.250 e. The molecule has 0 aromatic heterocycles. The lowest BCUT2D eigenvalue weighted by Gasteiger charge is -2.41. The first-order valence-electron chi connectivity index (χ1n) is 8.03. The Morgan fingerprint density at radius 1 is 1.24 bits per heavy atom. The third-order valence-corrected chi connectivity index (χ3v) is 4.39. The molecule has 128 valence electrons. The predicted molar refractivity (Wildman–Crippen MR) is 91.6 cm³/mol. The highest BCUT2D eigenvalue weighted by Gasteiger charge is 2.45. The Hall–Kier alpha value is -3.09. The number of nitrogens with one attached hydrogen (secondary N) is 1. The van der Waals surface area contributed by atoms with Crippen LogP contribution in [-0.4, -0.2) is 41.3 Å². The summed E-state index contributed by atoms with van der Waals surface area (Å²) < 4.78 is 11.0. The standard InChI is InChI=1S/C18H17N3O4/c1-18(11-16(22)20-15-4-2-3-7-21(15)18)17(23)19-12-5-6-13-14(10-12)25-9-8-24-13/h2-7,10H,8-9,11H2,1H3,(H,19,23). The number of fused-ring (bicyclic) bond motifs is 2. The molecule has 3 aliphatic rings. The van der Waals surface area contributed by atoms with Gasteiger partial charge in [-0.05, 0) is 31.2 Å². The molecule has 1 N–H and O–H groups in total. The van der Waals surface area contributed by atoms with Crippen LogP contribution in [0.1, 0.15) is 13.3 Å². The monoisotopic (exact) mass is 339 g/mol. The van der Waals surface area contributed by atoms with E-state index >= 15 is 0 Å². The van der Waals surface area contributed by atoms with Crippen molar-refractivity contribution in [3.05, 3.63) is 42.6 Å². The zero-order chi connectivity index (χ0) is 17.4.